The molecule has 1 aliphatic heterocycles. The summed E-state index contributed by atoms with van der Waals surface area (Å²) < 4.78 is 10.8. The molecule has 0 aliphatic carbocycles. The number of hydrogen-bond acceptors (Lipinski definition) is 8. The number of carbonyl (C=O) groups excluding carboxylic acids is 4. The molecule has 0 fully saturated rings. The quantitative estimate of drug-likeness (QED) is 0.344. The van der Waals surface area contributed by atoms with Crippen LogP contribution in [-0.4, -0.2) is 69.8 Å². The average molecular weight is 565 g/mol. The van der Waals surface area contributed by atoms with Crippen LogP contribution in [0.2, 0.25) is 0 Å². The standard InChI is InChI=1S/C32H28N4O6/c37-29-25-13-7-14-26(33-25)30(38)36(22-24-11-5-2-6-12-24)18-20-42-32(40)28-16-8-15-27(34-28)31(39)41-19-17-35(29)21-23-9-3-1-4-10-23/h1-16H,17-22H2. The first-order valence-corrected chi connectivity index (χ1v) is 13.4. The van der Waals surface area contributed by atoms with Crippen LogP contribution in [0.15, 0.2) is 97.1 Å². The van der Waals surface area contributed by atoms with Crippen molar-refractivity contribution in [3.8, 4) is 0 Å². The molecule has 2 aromatic carbocycles. The molecule has 4 aromatic rings. The van der Waals surface area contributed by atoms with Gasteiger partial charge in [-0.2, -0.15) is 0 Å². The van der Waals surface area contributed by atoms with Crippen LogP contribution >= 0.6 is 0 Å². The van der Waals surface area contributed by atoms with Crippen molar-refractivity contribution >= 4 is 23.8 Å². The first kappa shape index (κ1) is 28.2. The summed E-state index contributed by atoms with van der Waals surface area (Å²) >= 11 is 0. The molecule has 3 heterocycles. The van der Waals surface area contributed by atoms with Gasteiger partial charge in [-0.05, 0) is 35.4 Å². The number of pyridine rings is 2. The minimum atomic E-state index is -0.738. The van der Waals surface area contributed by atoms with Crippen LogP contribution in [0.4, 0.5) is 0 Å². The summed E-state index contributed by atoms with van der Waals surface area (Å²) in [6.45, 7) is 0.324. The van der Waals surface area contributed by atoms with Gasteiger partial charge in [-0.15, -0.1) is 0 Å². The number of amides is 2. The van der Waals surface area contributed by atoms with Gasteiger partial charge < -0.3 is 19.3 Å². The van der Waals surface area contributed by atoms with Gasteiger partial charge in [-0.25, -0.2) is 19.6 Å². The van der Waals surface area contributed by atoms with E-state index in [4.69, 9.17) is 9.47 Å². The molecule has 0 unspecified atom stereocenters. The number of esters is 2. The highest BCUT2D eigenvalue weighted by molar-refractivity contribution is 5.96. The van der Waals surface area contributed by atoms with Crippen molar-refractivity contribution in [2.45, 2.75) is 13.1 Å². The number of carbonyl (C=O) groups is 4. The maximum absolute atomic E-state index is 13.7. The Morgan fingerprint density at radius 1 is 0.500 bits per heavy atom. The Hall–Kier alpha value is -5.38. The van der Waals surface area contributed by atoms with Gasteiger partial charge in [0.2, 0.25) is 0 Å². The van der Waals surface area contributed by atoms with Crippen molar-refractivity contribution in [2.24, 2.45) is 0 Å². The van der Waals surface area contributed by atoms with Gasteiger partial charge in [0.25, 0.3) is 11.8 Å². The van der Waals surface area contributed by atoms with Gasteiger partial charge in [0.15, 0.2) is 0 Å². The Balaban J connectivity index is 1.48. The lowest BCUT2D eigenvalue weighted by Crippen LogP contribution is -2.36. The second-order valence-electron chi connectivity index (χ2n) is 9.51. The van der Waals surface area contributed by atoms with Gasteiger partial charge >= 0.3 is 11.9 Å². The van der Waals surface area contributed by atoms with E-state index in [-0.39, 0.29) is 62.2 Å². The summed E-state index contributed by atoms with van der Waals surface area (Å²) in [5.41, 5.74) is 1.75. The fourth-order valence-corrected chi connectivity index (χ4v) is 4.42. The smallest absolute Gasteiger partial charge is 0.357 e. The van der Waals surface area contributed by atoms with Crippen LogP contribution in [0.3, 0.4) is 0 Å². The number of cyclic esters (lactones) is 2. The second kappa shape index (κ2) is 13.3. The van der Waals surface area contributed by atoms with E-state index in [0.29, 0.717) is 0 Å². The molecule has 4 bridgehead atoms. The predicted molar refractivity (Wildman–Crippen MR) is 151 cm³/mol. The molecular formula is C32H28N4O6. The lowest BCUT2D eigenvalue weighted by atomic mass is 10.2. The summed E-state index contributed by atoms with van der Waals surface area (Å²) in [5, 5.41) is 0. The van der Waals surface area contributed by atoms with E-state index >= 15 is 0 Å². The molecular weight excluding hydrogens is 536 g/mol. The number of fused-ring (bicyclic) bond motifs is 4. The summed E-state index contributed by atoms with van der Waals surface area (Å²) in [5.74, 6) is -2.32. The monoisotopic (exact) mass is 564 g/mol. The summed E-state index contributed by atoms with van der Waals surface area (Å²) in [6, 6.07) is 27.8. The third-order valence-electron chi connectivity index (χ3n) is 6.55. The normalized spacial score (nSPS) is 15.0. The van der Waals surface area contributed by atoms with Crippen molar-refractivity contribution in [1.82, 2.24) is 19.8 Å². The number of rotatable bonds is 4. The lowest BCUT2D eigenvalue weighted by molar-refractivity contribution is 0.0407. The summed E-state index contributed by atoms with van der Waals surface area (Å²) in [4.78, 5) is 64.3. The zero-order valence-electron chi connectivity index (χ0n) is 22.7. The van der Waals surface area contributed by atoms with Crippen molar-refractivity contribution in [3.63, 3.8) is 0 Å². The van der Waals surface area contributed by atoms with E-state index in [1.54, 1.807) is 18.2 Å². The first-order valence-electron chi connectivity index (χ1n) is 13.4. The van der Waals surface area contributed by atoms with E-state index in [0.717, 1.165) is 11.1 Å². The molecule has 0 N–H and O–H groups in total. The Kier molecular flexibility index (Phi) is 8.93. The molecule has 2 amide bonds. The molecule has 0 spiro atoms. The number of aromatic nitrogens is 2. The van der Waals surface area contributed by atoms with Gasteiger partial charge in [0, 0.05) is 13.1 Å². The zero-order valence-corrected chi connectivity index (χ0v) is 22.7. The molecule has 10 heteroatoms. The second-order valence-corrected chi connectivity index (χ2v) is 9.51. The molecule has 5 rings (SSSR count). The average Bonchev–Trinajstić information content (AvgIpc) is 3.03. The van der Waals surface area contributed by atoms with Crippen LogP contribution < -0.4 is 0 Å². The number of ether oxygens (including phenoxy) is 2. The number of benzene rings is 2. The molecule has 42 heavy (non-hydrogen) atoms. The van der Waals surface area contributed by atoms with Gasteiger partial charge in [0.05, 0.1) is 13.1 Å². The highest BCUT2D eigenvalue weighted by Gasteiger charge is 2.24. The molecule has 10 nitrogen and oxygen atoms in total. The van der Waals surface area contributed by atoms with Crippen molar-refractivity contribution in [1.29, 1.82) is 0 Å². The maximum Gasteiger partial charge on any atom is 0.357 e. The molecule has 2 aromatic heterocycles. The molecule has 0 saturated heterocycles. The minimum absolute atomic E-state index is 0.0567. The Bertz CT molecular complexity index is 1470. The SMILES string of the molecule is O=C1OCCN(Cc2ccccc2)C(=O)c2cccc(n2)C(=O)N(Cc2ccccc2)CCOC(=O)c2cccc1n2. The molecule has 0 radical (unpaired) electrons. The highest BCUT2D eigenvalue weighted by atomic mass is 16.5. The topological polar surface area (TPSA) is 119 Å². The molecule has 0 saturated carbocycles. The highest BCUT2D eigenvalue weighted by Crippen LogP contribution is 2.14. The maximum atomic E-state index is 13.7. The predicted octanol–water partition coefficient (Wildman–Crippen LogP) is 3.79. The fourth-order valence-electron chi connectivity index (χ4n) is 4.42. The van der Waals surface area contributed by atoms with Crippen LogP contribution in [0.25, 0.3) is 0 Å². The van der Waals surface area contributed by atoms with Crippen LogP contribution in [0.1, 0.15) is 53.1 Å². The van der Waals surface area contributed by atoms with E-state index in [2.05, 4.69) is 9.97 Å². The van der Waals surface area contributed by atoms with Crippen molar-refractivity contribution in [3.05, 3.63) is 131 Å². The largest absolute Gasteiger partial charge is 0.459 e. The third-order valence-corrected chi connectivity index (χ3v) is 6.55. The first-order chi connectivity index (χ1) is 20.5. The molecule has 1 aliphatic rings. The lowest BCUT2D eigenvalue weighted by Gasteiger charge is -2.24. The van der Waals surface area contributed by atoms with E-state index in [1.807, 2.05) is 60.7 Å². The fraction of sp³-hybridized carbons (Fsp3) is 0.188. The summed E-state index contributed by atoms with van der Waals surface area (Å²) in [7, 11) is 0. The van der Waals surface area contributed by atoms with Crippen LogP contribution in [0.5, 0.6) is 0 Å². The zero-order chi connectivity index (χ0) is 29.3. The van der Waals surface area contributed by atoms with E-state index in [9.17, 15) is 19.2 Å². The third kappa shape index (κ3) is 7.03. The Labute approximate surface area is 242 Å². The number of nitrogens with zero attached hydrogens (tertiary/aromatic N) is 4. The summed E-state index contributed by atoms with van der Waals surface area (Å²) in [6.07, 6.45) is 0. The Morgan fingerprint density at radius 2 is 0.881 bits per heavy atom. The van der Waals surface area contributed by atoms with E-state index in [1.165, 1.54) is 28.0 Å². The minimum Gasteiger partial charge on any atom is -0.459 e. The van der Waals surface area contributed by atoms with Crippen LogP contribution in [0, 0.1) is 0 Å². The Morgan fingerprint density at radius 3 is 1.31 bits per heavy atom. The molecule has 212 valence electrons. The number of hydrogen-bond donors (Lipinski definition) is 0. The molecule has 0 atom stereocenters. The van der Waals surface area contributed by atoms with Gasteiger partial charge in [0.1, 0.15) is 36.0 Å². The van der Waals surface area contributed by atoms with E-state index < -0.39 is 23.8 Å². The van der Waals surface area contributed by atoms with Gasteiger partial charge in [-0.1, -0.05) is 72.8 Å². The van der Waals surface area contributed by atoms with Crippen molar-refractivity contribution in [2.75, 3.05) is 26.3 Å². The van der Waals surface area contributed by atoms with Crippen molar-refractivity contribution < 1.29 is 28.7 Å². The van der Waals surface area contributed by atoms with Gasteiger partial charge in [-0.3, -0.25) is 9.59 Å². The van der Waals surface area contributed by atoms with Crippen LogP contribution in [-0.2, 0) is 22.6 Å².